The van der Waals surface area contributed by atoms with Crippen molar-refractivity contribution in [2.45, 2.75) is 52.9 Å². The summed E-state index contributed by atoms with van der Waals surface area (Å²) >= 11 is 0. The second kappa shape index (κ2) is 10.6. The maximum atomic E-state index is 13.1. The Morgan fingerprint density at radius 3 is 2.24 bits per heavy atom. The average Bonchev–Trinajstić information content (AvgIpc) is 3.29. The minimum absolute atomic E-state index is 0.00757. The number of hydrogen-bond acceptors (Lipinski definition) is 4. The van der Waals surface area contributed by atoms with E-state index in [0.717, 1.165) is 45.0 Å². The summed E-state index contributed by atoms with van der Waals surface area (Å²) in [5, 5.41) is 0. The third-order valence-electron chi connectivity index (χ3n) is 6.70. The van der Waals surface area contributed by atoms with Crippen LogP contribution in [0.4, 0.5) is 0 Å². The third-order valence-corrected chi connectivity index (χ3v) is 6.70. The number of nitrogens with zero attached hydrogens (tertiary/aromatic N) is 3. The van der Waals surface area contributed by atoms with Crippen LogP contribution in [-0.2, 0) is 19.6 Å². The van der Waals surface area contributed by atoms with Gasteiger partial charge in [-0.1, -0.05) is 54.6 Å². The molecule has 3 aromatic rings. The molecule has 0 atom stereocenters. The molecule has 0 N–H and O–H groups in total. The number of carbonyl (C=O) groups excluding carboxylic acids is 1. The van der Waals surface area contributed by atoms with Crippen molar-refractivity contribution in [3.8, 4) is 0 Å². The van der Waals surface area contributed by atoms with E-state index in [1.807, 2.05) is 23.1 Å². The average molecular weight is 460 g/mol. The molecule has 0 bridgehead atoms. The smallest absolute Gasteiger partial charge is 0.289 e. The summed E-state index contributed by atoms with van der Waals surface area (Å²) in [6.45, 7) is 14.4. The molecule has 4 rings (SSSR count). The summed E-state index contributed by atoms with van der Waals surface area (Å²) in [6, 6.07) is 22.8. The Morgan fingerprint density at radius 1 is 0.882 bits per heavy atom. The molecule has 34 heavy (non-hydrogen) atoms. The molecule has 5 nitrogen and oxygen atoms in total. The lowest BCUT2D eigenvalue weighted by Crippen LogP contribution is -2.48. The first-order chi connectivity index (χ1) is 16.3. The molecule has 2 aromatic carbocycles. The summed E-state index contributed by atoms with van der Waals surface area (Å²) in [6.07, 6.45) is 0. The zero-order valence-corrected chi connectivity index (χ0v) is 21.0. The minimum atomic E-state index is -0.0334. The molecule has 180 valence electrons. The summed E-state index contributed by atoms with van der Waals surface area (Å²) < 4.78 is 6.07. The fourth-order valence-electron chi connectivity index (χ4n) is 4.40. The SMILES string of the molecule is Cc1ccccc1CN(Cc1ccc(C(=O)N2CCN(Cc3ccccc3)CC2)o1)C(C)(C)C. The van der Waals surface area contributed by atoms with E-state index in [9.17, 15) is 4.79 Å². The number of benzene rings is 2. The van der Waals surface area contributed by atoms with E-state index in [0.29, 0.717) is 12.3 Å². The highest BCUT2D eigenvalue weighted by Crippen LogP contribution is 2.23. The lowest BCUT2D eigenvalue weighted by atomic mass is 10.0. The van der Waals surface area contributed by atoms with Gasteiger partial charge in [0.25, 0.3) is 5.91 Å². The number of hydrogen-bond donors (Lipinski definition) is 0. The van der Waals surface area contributed by atoms with Gasteiger partial charge in [0, 0.05) is 44.8 Å². The molecule has 1 fully saturated rings. The highest BCUT2D eigenvalue weighted by atomic mass is 16.4. The van der Waals surface area contributed by atoms with Crippen LogP contribution in [0.25, 0.3) is 0 Å². The van der Waals surface area contributed by atoms with Crippen LogP contribution >= 0.6 is 0 Å². The van der Waals surface area contributed by atoms with Crippen LogP contribution in [-0.4, -0.2) is 52.3 Å². The first kappa shape index (κ1) is 24.2. The van der Waals surface area contributed by atoms with E-state index < -0.39 is 0 Å². The summed E-state index contributed by atoms with van der Waals surface area (Å²) in [5.41, 5.74) is 3.88. The Labute approximate surface area is 204 Å². The summed E-state index contributed by atoms with van der Waals surface area (Å²) in [7, 11) is 0. The molecular weight excluding hydrogens is 422 g/mol. The molecule has 1 saturated heterocycles. The van der Waals surface area contributed by atoms with Crippen LogP contribution in [0.5, 0.6) is 0 Å². The van der Waals surface area contributed by atoms with E-state index in [4.69, 9.17) is 4.42 Å². The van der Waals surface area contributed by atoms with E-state index in [-0.39, 0.29) is 11.4 Å². The standard InChI is InChI=1S/C29H37N3O2/c1-23-10-8-9-13-25(23)21-32(29(2,3)4)22-26-14-15-27(34-26)28(33)31-18-16-30(17-19-31)20-24-11-6-5-7-12-24/h5-15H,16-22H2,1-4H3. The molecule has 5 heteroatoms. The molecule has 0 aliphatic carbocycles. The Balaban J connectivity index is 1.35. The van der Waals surface area contributed by atoms with Gasteiger partial charge in [-0.2, -0.15) is 0 Å². The van der Waals surface area contributed by atoms with Crippen molar-refractivity contribution in [1.82, 2.24) is 14.7 Å². The Hall–Kier alpha value is -2.89. The largest absolute Gasteiger partial charge is 0.455 e. The summed E-state index contributed by atoms with van der Waals surface area (Å²) in [4.78, 5) is 19.8. The number of carbonyl (C=O) groups is 1. The van der Waals surface area contributed by atoms with Crippen molar-refractivity contribution in [1.29, 1.82) is 0 Å². The molecule has 1 aliphatic heterocycles. The maximum absolute atomic E-state index is 13.1. The number of amides is 1. The molecule has 1 aromatic heterocycles. The van der Waals surface area contributed by atoms with E-state index in [2.05, 4.69) is 86.0 Å². The first-order valence-corrected chi connectivity index (χ1v) is 12.2. The van der Waals surface area contributed by atoms with Gasteiger partial charge in [0.1, 0.15) is 5.76 Å². The van der Waals surface area contributed by atoms with Gasteiger partial charge in [-0.05, 0) is 56.5 Å². The quantitative estimate of drug-likeness (QED) is 0.478. The number of piperazine rings is 1. The van der Waals surface area contributed by atoms with E-state index in [1.165, 1.54) is 16.7 Å². The van der Waals surface area contributed by atoms with Crippen molar-refractivity contribution >= 4 is 5.91 Å². The van der Waals surface area contributed by atoms with Crippen LogP contribution in [0.2, 0.25) is 0 Å². The highest BCUT2D eigenvalue weighted by molar-refractivity contribution is 5.91. The molecule has 0 unspecified atom stereocenters. The van der Waals surface area contributed by atoms with Crippen LogP contribution in [0, 0.1) is 6.92 Å². The zero-order chi connectivity index (χ0) is 24.1. The molecule has 0 radical (unpaired) electrons. The van der Waals surface area contributed by atoms with Crippen molar-refractivity contribution < 1.29 is 9.21 Å². The van der Waals surface area contributed by atoms with Gasteiger partial charge in [-0.25, -0.2) is 0 Å². The fourth-order valence-corrected chi connectivity index (χ4v) is 4.40. The zero-order valence-electron chi connectivity index (χ0n) is 21.0. The van der Waals surface area contributed by atoms with Crippen LogP contribution in [0.1, 0.15) is 53.8 Å². The fraction of sp³-hybridized carbons (Fsp3) is 0.414. The van der Waals surface area contributed by atoms with Crippen LogP contribution < -0.4 is 0 Å². The van der Waals surface area contributed by atoms with E-state index in [1.54, 1.807) is 0 Å². The monoisotopic (exact) mass is 459 g/mol. The van der Waals surface area contributed by atoms with Crippen LogP contribution in [0.3, 0.4) is 0 Å². The first-order valence-electron chi connectivity index (χ1n) is 12.2. The van der Waals surface area contributed by atoms with Gasteiger partial charge in [0.2, 0.25) is 0 Å². The Kier molecular flexibility index (Phi) is 7.54. The Bertz CT molecular complexity index is 1080. The Morgan fingerprint density at radius 2 is 1.56 bits per heavy atom. The minimum Gasteiger partial charge on any atom is -0.455 e. The van der Waals surface area contributed by atoms with Crippen molar-refractivity contribution in [2.75, 3.05) is 26.2 Å². The third kappa shape index (κ3) is 6.16. The van der Waals surface area contributed by atoms with Gasteiger partial charge in [0.15, 0.2) is 5.76 Å². The van der Waals surface area contributed by atoms with Gasteiger partial charge < -0.3 is 9.32 Å². The predicted octanol–water partition coefficient (Wildman–Crippen LogP) is 5.35. The normalized spacial score (nSPS) is 15.1. The highest BCUT2D eigenvalue weighted by Gasteiger charge is 2.26. The van der Waals surface area contributed by atoms with Crippen molar-refractivity contribution in [3.63, 3.8) is 0 Å². The molecule has 1 aliphatic rings. The van der Waals surface area contributed by atoms with Crippen molar-refractivity contribution in [2.24, 2.45) is 0 Å². The van der Waals surface area contributed by atoms with Gasteiger partial charge >= 0.3 is 0 Å². The number of aryl methyl sites for hydroxylation is 1. The lowest BCUT2D eigenvalue weighted by molar-refractivity contribution is 0.0589. The predicted molar refractivity (Wildman–Crippen MR) is 137 cm³/mol. The number of furan rings is 1. The second-order valence-corrected chi connectivity index (χ2v) is 10.3. The molecule has 2 heterocycles. The van der Waals surface area contributed by atoms with Gasteiger partial charge in [-0.15, -0.1) is 0 Å². The summed E-state index contributed by atoms with van der Waals surface area (Å²) in [5.74, 6) is 1.26. The van der Waals surface area contributed by atoms with Gasteiger partial charge in [-0.3, -0.25) is 14.6 Å². The molecule has 1 amide bonds. The second-order valence-electron chi connectivity index (χ2n) is 10.3. The lowest BCUT2D eigenvalue weighted by Gasteiger charge is -2.35. The molecular formula is C29H37N3O2. The van der Waals surface area contributed by atoms with Gasteiger partial charge in [0.05, 0.1) is 6.54 Å². The molecule has 0 spiro atoms. The topological polar surface area (TPSA) is 39.9 Å². The number of rotatable bonds is 7. The van der Waals surface area contributed by atoms with Crippen LogP contribution in [0.15, 0.2) is 71.1 Å². The maximum Gasteiger partial charge on any atom is 0.289 e. The van der Waals surface area contributed by atoms with Crippen molar-refractivity contribution in [3.05, 3.63) is 94.9 Å². The van der Waals surface area contributed by atoms with E-state index >= 15 is 0 Å². The molecule has 0 saturated carbocycles.